The van der Waals surface area contributed by atoms with Crippen LogP contribution in [0.4, 0.5) is 9.05 Å². The lowest BCUT2D eigenvalue weighted by Crippen LogP contribution is -1.93. The minimum absolute atomic E-state index is 0.0126. The van der Waals surface area contributed by atoms with Gasteiger partial charge >= 0.3 is 7.60 Å². The summed E-state index contributed by atoms with van der Waals surface area (Å²) in [5, 5.41) is -0.0126. The maximum atomic E-state index is 12.0. The minimum Gasteiger partial charge on any atom is -0.288 e. The van der Waals surface area contributed by atoms with Crippen LogP contribution in [0, 0.1) is 0 Å². The van der Waals surface area contributed by atoms with E-state index in [0.717, 1.165) is 17.3 Å². The van der Waals surface area contributed by atoms with Gasteiger partial charge in [0, 0.05) is 17.1 Å². The van der Waals surface area contributed by atoms with Crippen LogP contribution in [-0.4, -0.2) is 5.12 Å². The number of carbonyl (C=O) groups excluding carboxylic acids is 1. The highest BCUT2D eigenvalue weighted by atomic mass is 79.9. The molecular formula is C10H10BrF2O4PS. The second-order valence-electron chi connectivity index (χ2n) is 3.61. The zero-order chi connectivity index (χ0) is 14.5. The fourth-order valence-electron chi connectivity index (χ4n) is 1.26. The molecule has 0 aliphatic rings. The van der Waals surface area contributed by atoms with E-state index in [4.69, 9.17) is 0 Å². The minimum atomic E-state index is -4.40. The predicted molar refractivity (Wildman–Crippen MR) is 71.8 cm³/mol. The van der Waals surface area contributed by atoms with Crippen LogP contribution in [0.1, 0.15) is 18.1 Å². The van der Waals surface area contributed by atoms with Crippen molar-refractivity contribution in [3.63, 3.8) is 0 Å². The van der Waals surface area contributed by atoms with Crippen LogP contribution >= 0.6 is 35.3 Å². The monoisotopic (exact) mass is 374 g/mol. The van der Waals surface area contributed by atoms with Crippen LogP contribution in [0.25, 0.3) is 0 Å². The lowest BCUT2D eigenvalue weighted by atomic mass is 10.2. The third-order valence-electron chi connectivity index (χ3n) is 2.13. The molecule has 0 heterocycles. The Balaban J connectivity index is 2.83. The molecule has 1 aromatic rings. The summed E-state index contributed by atoms with van der Waals surface area (Å²) in [6.07, 6.45) is -0.541. The lowest BCUT2D eigenvalue weighted by Gasteiger charge is -2.10. The standard InChI is InChI=1S/C10H10BrF2O4PS/c1-7(14)19-6-8-2-3-9(10(11)4-8)5-18(15,16-12)17-13/h2-4H,5-6H2,1H3. The predicted octanol–water partition coefficient (Wildman–Crippen LogP) is 4.72. The fourth-order valence-corrected chi connectivity index (χ4v) is 3.41. The first-order valence-corrected chi connectivity index (χ1v) is 8.51. The first kappa shape index (κ1) is 16.8. The average Bonchev–Trinajstić information content (AvgIpc) is 2.39. The Bertz CT molecular complexity index is 506. The highest BCUT2D eigenvalue weighted by Gasteiger charge is 2.29. The Kier molecular flexibility index (Phi) is 6.62. The Morgan fingerprint density at radius 1 is 1.42 bits per heavy atom. The number of hydrogen-bond acceptors (Lipinski definition) is 5. The molecule has 0 aromatic heterocycles. The summed E-state index contributed by atoms with van der Waals surface area (Å²) in [7, 11) is -4.40. The Labute approximate surface area is 121 Å². The van der Waals surface area contributed by atoms with Gasteiger partial charge < -0.3 is 0 Å². The van der Waals surface area contributed by atoms with Crippen LogP contribution < -0.4 is 0 Å². The van der Waals surface area contributed by atoms with E-state index in [0.29, 0.717) is 15.8 Å². The van der Waals surface area contributed by atoms with Gasteiger partial charge in [-0.15, -0.1) is 9.46 Å². The van der Waals surface area contributed by atoms with Crippen molar-refractivity contribution in [1.82, 2.24) is 0 Å². The molecule has 0 radical (unpaired) electrons. The van der Waals surface area contributed by atoms with Crippen LogP contribution in [0.5, 0.6) is 0 Å². The van der Waals surface area contributed by atoms with E-state index in [1.54, 1.807) is 12.1 Å². The van der Waals surface area contributed by atoms with E-state index >= 15 is 0 Å². The Hall–Kier alpha value is -0.270. The van der Waals surface area contributed by atoms with E-state index in [-0.39, 0.29) is 5.12 Å². The molecule has 0 unspecified atom stereocenters. The van der Waals surface area contributed by atoms with E-state index in [2.05, 4.69) is 25.4 Å². The van der Waals surface area contributed by atoms with Gasteiger partial charge in [0.2, 0.25) is 0 Å². The first-order chi connectivity index (χ1) is 8.90. The Morgan fingerprint density at radius 2 is 2.05 bits per heavy atom. The van der Waals surface area contributed by atoms with Gasteiger partial charge in [-0.25, -0.2) is 0 Å². The maximum absolute atomic E-state index is 12.0. The molecular weight excluding hydrogens is 365 g/mol. The van der Waals surface area contributed by atoms with Crippen molar-refractivity contribution in [3.8, 4) is 0 Å². The quantitative estimate of drug-likeness (QED) is 0.674. The van der Waals surface area contributed by atoms with Gasteiger partial charge in [0.1, 0.15) is 0 Å². The highest BCUT2D eigenvalue weighted by Crippen LogP contribution is 2.52. The van der Waals surface area contributed by atoms with E-state index in [1.165, 1.54) is 13.0 Å². The van der Waals surface area contributed by atoms with Crippen molar-refractivity contribution in [2.24, 2.45) is 0 Å². The van der Waals surface area contributed by atoms with Crippen molar-refractivity contribution in [3.05, 3.63) is 33.8 Å². The lowest BCUT2D eigenvalue weighted by molar-refractivity contribution is -0.109. The first-order valence-electron chi connectivity index (χ1n) is 5.00. The van der Waals surface area contributed by atoms with Gasteiger partial charge in [0.05, 0.1) is 6.16 Å². The van der Waals surface area contributed by atoms with Gasteiger partial charge in [0.25, 0.3) is 0 Å². The number of halogens is 3. The molecule has 4 nitrogen and oxygen atoms in total. The summed E-state index contributed by atoms with van der Waals surface area (Å²) in [4.78, 5) is 10.8. The number of thioether (sulfide) groups is 1. The fraction of sp³-hybridized carbons (Fsp3) is 0.300. The van der Waals surface area contributed by atoms with Gasteiger partial charge in [0.15, 0.2) is 5.12 Å². The Morgan fingerprint density at radius 3 is 2.53 bits per heavy atom. The molecule has 9 heteroatoms. The van der Waals surface area contributed by atoms with Crippen molar-refractivity contribution < 1.29 is 27.9 Å². The molecule has 0 atom stereocenters. The molecule has 0 saturated carbocycles. The van der Waals surface area contributed by atoms with Crippen LogP contribution in [-0.2, 0) is 30.7 Å². The number of rotatable bonds is 6. The van der Waals surface area contributed by atoms with Gasteiger partial charge in [-0.05, 0) is 26.2 Å². The molecule has 19 heavy (non-hydrogen) atoms. The van der Waals surface area contributed by atoms with Gasteiger partial charge in [-0.1, -0.05) is 39.8 Å². The summed E-state index contributed by atoms with van der Waals surface area (Å²) in [6.45, 7) is 1.46. The van der Waals surface area contributed by atoms with Crippen molar-refractivity contribution in [1.29, 1.82) is 0 Å². The second kappa shape index (κ2) is 7.50. The zero-order valence-electron chi connectivity index (χ0n) is 9.77. The molecule has 0 aliphatic carbocycles. The van der Waals surface area contributed by atoms with Crippen LogP contribution in [0.3, 0.4) is 0 Å². The third-order valence-corrected chi connectivity index (χ3v) is 4.90. The number of hydrogen-bond donors (Lipinski definition) is 0. The largest absolute Gasteiger partial charge is 0.399 e. The van der Waals surface area contributed by atoms with Crippen molar-refractivity contribution in [2.75, 3.05) is 0 Å². The molecule has 0 bridgehead atoms. The molecule has 0 fully saturated rings. The summed E-state index contributed by atoms with van der Waals surface area (Å²) in [6, 6.07) is 4.87. The van der Waals surface area contributed by atoms with Crippen molar-refractivity contribution in [2.45, 2.75) is 18.8 Å². The summed E-state index contributed by atoms with van der Waals surface area (Å²) < 4.78 is 41.8. The van der Waals surface area contributed by atoms with E-state index in [1.807, 2.05) is 0 Å². The van der Waals surface area contributed by atoms with E-state index in [9.17, 15) is 18.4 Å². The maximum Gasteiger partial charge on any atom is 0.399 e. The average molecular weight is 375 g/mol. The smallest absolute Gasteiger partial charge is 0.288 e. The summed E-state index contributed by atoms with van der Waals surface area (Å²) >= 11 is 4.33. The molecule has 0 amide bonds. The summed E-state index contributed by atoms with van der Waals surface area (Å²) in [5.41, 5.74) is 1.21. The van der Waals surface area contributed by atoms with Crippen LogP contribution in [0.2, 0.25) is 0 Å². The van der Waals surface area contributed by atoms with Crippen molar-refractivity contribution >= 4 is 40.4 Å². The number of benzene rings is 1. The molecule has 106 valence electrons. The number of carbonyl (C=O) groups is 1. The molecule has 0 saturated heterocycles. The molecule has 1 rings (SSSR count). The van der Waals surface area contributed by atoms with Gasteiger partial charge in [-0.2, -0.15) is 0 Å². The third kappa shape index (κ3) is 5.31. The molecule has 0 aliphatic heterocycles. The van der Waals surface area contributed by atoms with Gasteiger partial charge in [-0.3, -0.25) is 9.36 Å². The van der Waals surface area contributed by atoms with Crippen LogP contribution in [0.15, 0.2) is 22.7 Å². The topological polar surface area (TPSA) is 52.6 Å². The molecule has 1 aromatic carbocycles. The highest BCUT2D eigenvalue weighted by molar-refractivity contribution is 9.10. The molecule has 0 N–H and O–H groups in total. The summed E-state index contributed by atoms with van der Waals surface area (Å²) in [5.74, 6) is 0.477. The van der Waals surface area contributed by atoms with E-state index < -0.39 is 13.8 Å². The second-order valence-corrected chi connectivity index (χ2v) is 7.43. The zero-order valence-corrected chi connectivity index (χ0v) is 13.1. The SMILES string of the molecule is CC(=O)SCc1ccc(CP(=O)(OF)OF)c(Br)c1. The molecule has 0 spiro atoms. The normalized spacial score (nSPS) is 11.6.